The van der Waals surface area contributed by atoms with Crippen LogP contribution in [-0.4, -0.2) is 254 Å². The SMILES string of the molecule is CC(C)[C@@H]1NC(=O)CNC(=O)[C@@H]2CCCN2C(=O)[C@H](CO)NC(=O)[C@H](C)NC(=O)[C@H](CCC(=O)O)NC(=O)[C@H](CC(=O)O)NC(=O)[C@H](CCC(N)=O)NC(=O)[C@H](C)NC(=O)[C@H](CC(=O)O)NC(=O)[C@@H]2CCCN2C(=O)[C@H](CO)NC(=O)CNC(=O)[C@H](C(C)C)NC1=O. The predicted molar refractivity (Wildman–Crippen MR) is 310 cm³/mol. The number of carbonyl (C=O) groups is 18. The summed E-state index contributed by atoms with van der Waals surface area (Å²) in [5.41, 5.74) is 5.29. The van der Waals surface area contributed by atoms with Gasteiger partial charge in [-0.15, -0.1) is 0 Å². The molecular weight excluding hydrogens is 1230 g/mol. The van der Waals surface area contributed by atoms with E-state index in [0.29, 0.717) is 0 Å². The molecule has 38 nitrogen and oxygen atoms in total. The summed E-state index contributed by atoms with van der Waals surface area (Å²) in [7, 11) is 0. The van der Waals surface area contributed by atoms with Crippen LogP contribution in [0, 0.1) is 11.8 Å². The average Bonchev–Trinajstić information content (AvgIpc) is 1.73. The van der Waals surface area contributed by atoms with Crippen LogP contribution in [0.5, 0.6) is 0 Å². The molecule has 38 heteroatoms. The van der Waals surface area contributed by atoms with Gasteiger partial charge in [0.2, 0.25) is 88.6 Å². The molecule has 0 bridgehead atoms. The zero-order chi connectivity index (χ0) is 69.4. The van der Waals surface area contributed by atoms with Gasteiger partial charge < -0.3 is 105 Å². The largest absolute Gasteiger partial charge is 0.481 e. The van der Waals surface area contributed by atoms with Crippen molar-refractivity contribution < 1.29 is 112 Å². The van der Waals surface area contributed by atoms with E-state index in [-0.39, 0.29) is 38.8 Å². The first-order valence-corrected chi connectivity index (χ1v) is 29.4. The maximum atomic E-state index is 13.8. The lowest BCUT2D eigenvalue weighted by Gasteiger charge is -2.29. The molecule has 0 aromatic carbocycles. The van der Waals surface area contributed by atoms with Crippen molar-refractivity contribution in [3.05, 3.63) is 0 Å². The summed E-state index contributed by atoms with van der Waals surface area (Å²) in [5, 5.41) is 76.5. The Labute approximate surface area is 525 Å². The highest BCUT2D eigenvalue weighted by Crippen LogP contribution is 2.21. The van der Waals surface area contributed by atoms with Gasteiger partial charge in [0.25, 0.3) is 0 Å². The maximum Gasteiger partial charge on any atom is 0.305 e. The monoisotopic (exact) mass is 1310 g/mol. The number of primary amides is 1. The van der Waals surface area contributed by atoms with E-state index in [2.05, 4.69) is 63.8 Å². The molecule has 0 aromatic heterocycles. The number of carboxylic acid groups (broad SMARTS) is 3. The molecule has 3 aliphatic heterocycles. The Morgan fingerprint density at radius 3 is 1.26 bits per heavy atom. The molecule has 19 N–H and O–H groups in total. The molecule has 3 rings (SSSR count). The number of carboxylic acids is 3. The standard InChI is InChI=1S/C54H83N15O23/c1-23(2)41-51(89)57-19-36(73)60-31(21-70)53(91)69-16-8-10-34(69)50(88)64-29(17-39(77)78)47(85)59-25(5)43(81)61-27(11-13-35(55)72)46(84)63-30(18-40(79)80)48(86)62-28(12-14-38(75)76)45(83)58-26(6)44(82)65-32(22-71)54(92)68-15-7-9-33(68)49(87)56-20-37(74)66-42(24(3)4)52(90)67-41/h23-34,41-42,70-71H,7-22H2,1-6H3,(H2,55,72)(H,56,87)(H,57,89)(H,58,83)(H,59,85)(H,60,73)(H,61,81)(H,62,86)(H,63,84)(H,64,88)(H,65,82)(H,66,74)(H,67,90)(H,75,76)(H,77,78)(H,79,80)/t25-,26-,27-,28-,29-,30-,31-,32-,33-,34-,41-,42-/m0/s1. The van der Waals surface area contributed by atoms with Gasteiger partial charge in [-0.3, -0.25) is 86.3 Å². The number of nitrogens with two attached hydrogens (primary N) is 1. The third kappa shape index (κ3) is 23.6. The van der Waals surface area contributed by atoms with E-state index in [4.69, 9.17) is 5.73 Å². The zero-order valence-corrected chi connectivity index (χ0v) is 51.5. The molecule has 3 heterocycles. The molecule has 512 valence electrons. The van der Waals surface area contributed by atoms with Crippen molar-refractivity contribution in [1.29, 1.82) is 0 Å². The summed E-state index contributed by atoms with van der Waals surface area (Å²) in [6, 6.07) is -20.2. The quantitative estimate of drug-likeness (QED) is 0.0768. The Morgan fingerprint density at radius 1 is 0.435 bits per heavy atom. The molecule has 0 aliphatic carbocycles. The van der Waals surface area contributed by atoms with Crippen LogP contribution in [0.2, 0.25) is 0 Å². The highest BCUT2D eigenvalue weighted by Gasteiger charge is 2.42. The first-order valence-electron chi connectivity index (χ1n) is 29.4. The van der Waals surface area contributed by atoms with E-state index in [9.17, 15) is 112 Å². The van der Waals surface area contributed by atoms with Crippen LogP contribution < -0.4 is 69.5 Å². The van der Waals surface area contributed by atoms with Crippen molar-refractivity contribution in [2.24, 2.45) is 17.6 Å². The first kappa shape index (κ1) is 76.6. The number of amides is 15. The van der Waals surface area contributed by atoms with Crippen molar-refractivity contribution in [2.45, 2.75) is 178 Å². The highest BCUT2D eigenvalue weighted by molar-refractivity contribution is 6.01. The van der Waals surface area contributed by atoms with Gasteiger partial charge in [-0.05, 0) is 64.2 Å². The van der Waals surface area contributed by atoms with Crippen LogP contribution in [0.3, 0.4) is 0 Å². The fourth-order valence-electron chi connectivity index (χ4n) is 9.75. The smallest absolute Gasteiger partial charge is 0.305 e. The fourth-order valence-corrected chi connectivity index (χ4v) is 9.75. The van der Waals surface area contributed by atoms with Gasteiger partial charge in [0, 0.05) is 25.9 Å². The average molecular weight is 1310 g/mol. The summed E-state index contributed by atoms with van der Waals surface area (Å²) in [6.45, 7) is 4.38. The zero-order valence-electron chi connectivity index (χ0n) is 51.5. The van der Waals surface area contributed by atoms with Crippen molar-refractivity contribution in [3.8, 4) is 0 Å². The number of aliphatic carboxylic acids is 3. The van der Waals surface area contributed by atoms with E-state index >= 15 is 0 Å². The Bertz CT molecular complexity index is 2820. The molecule has 0 spiro atoms. The van der Waals surface area contributed by atoms with Crippen LogP contribution in [0.15, 0.2) is 0 Å². The first-order chi connectivity index (χ1) is 43.1. The number of rotatable bonds is 14. The minimum absolute atomic E-state index is 0.0422. The fraction of sp³-hybridized carbons (Fsp3) is 0.667. The lowest BCUT2D eigenvalue weighted by atomic mass is 9.99. The summed E-state index contributed by atoms with van der Waals surface area (Å²) >= 11 is 0. The lowest BCUT2D eigenvalue weighted by Crippen LogP contribution is -2.61. The number of hydrogen-bond donors (Lipinski definition) is 18. The second-order valence-corrected chi connectivity index (χ2v) is 22.7. The van der Waals surface area contributed by atoms with Gasteiger partial charge in [0.1, 0.15) is 72.5 Å². The van der Waals surface area contributed by atoms with Crippen LogP contribution >= 0.6 is 0 Å². The number of nitrogens with zero attached hydrogens (tertiary/aromatic N) is 2. The topological polar surface area (TPSA) is 585 Å². The number of aliphatic hydroxyl groups excluding tert-OH is 2. The molecular formula is C54H83N15O23. The Hall–Kier alpha value is -9.62. The third-order valence-electron chi connectivity index (χ3n) is 14.8. The number of aliphatic hydroxyl groups is 2. The number of nitrogens with one attached hydrogen (secondary N) is 12. The maximum absolute atomic E-state index is 13.8. The number of fused-ring (bicyclic) bond motifs is 2. The predicted octanol–water partition coefficient (Wildman–Crippen LogP) is -9.52. The van der Waals surface area contributed by atoms with Crippen LogP contribution in [0.1, 0.15) is 106 Å². The molecule has 0 aromatic rings. The van der Waals surface area contributed by atoms with Crippen molar-refractivity contribution in [1.82, 2.24) is 73.6 Å². The molecule has 0 radical (unpaired) electrons. The van der Waals surface area contributed by atoms with Gasteiger partial charge in [-0.25, -0.2) is 0 Å². The van der Waals surface area contributed by atoms with Crippen LogP contribution in [0.25, 0.3) is 0 Å². The molecule has 12 atom stereocenters. The Morgan fingerprint density at radius 2 is 0.804 bits per heavy atom. The van der Waals surface area contributed by atoms with Crippen LogP contribution in [0.4, 0.5) is 0 Å². The summed E-state index contributed by atoms with van der Waals surface area (Å²) in [5.74, 6) is -22.7. The number of hydrogen-bond acceptors (Lipinski definition) is 20. The minimum atomic E-state index is -2.16. The Balaban J connectivity index is 2.04. The van der Waals surface area contributed by atoms with E-state index in [0.717, 1.165) is 23.6 Å². The Kier molecular flexibility index (Phi) is 30.2. The summed E-state index contributed by atoms with van der Waals surface area (Å²) < 4.78 is 0. The molecule has 3 saturated heterocycles. The van der Waals surface area contributed by atoms with Gasteiger partial charge in [0.05, 0.1) is 39.1 Å². The van der Waals surface area contributed by atoms with E-state index in [1.807, 2.05) is 0 Å². The second-order valence-electron chi connectivity index (χ2n) is 22.7. The van der Waals surface area contributed by atoms with E-state index < -0.39 is 256 Å². The van der Waals surface area contributed by atoms with Crippen LogP contribution in [-0.2, 0) is 86.3 Å². The van der Waals surface area contributed by atoms with Gasteiger partial charge in [-0.2, -0.15) is 0 Å². The third-order valence-corrected chi connectivity index (χ3v) is 14.8. The molecule has 3 aliphatic rings. The highest BCUT2D eigenvalue weighted by atomic mass is 16.4. The van der Waals surface area contributed by atoms with Crippen molar-refractivity contribution in [3.63, 3.8) is 0 Å². The lowest BCUT2D eigenvalue weighted by molar-refractivity contribution is -0.144. The summed E-state index contributed by atoms with van der Waals surface area (Å²) in [4.78, 5) is 240. The van der Waals surface area contributed by atoms with Crippen molar-refractivity contribution in [2.75, 3.05) is 39.4 Å². The van der Waals surface area contributed by atoms with E-state index in [1.54, 1.807) is 27.7 Å². The summed E-state index contributed by atoms with van der Waals surface area (Å²) in [6.07, 6.45) is -4.92. The molecule has 92 heavy (non-hydrogen) atoms. The molecule has 3 fully saturated rings. The molecule has 15 amide bonds. The van der Waals surface area contributed by atoms with E-state index in [1.165, 1.54) is 0 Å². The van der Waals surface area contributed by atoms with Gasteiger partial charge >= 0.3 is 17.9 Å². The normalized spacial score (nSPS) is 27.7. The van der Waals surface area contributed by atoms with Gasteiger partial charge in [0.15, 0.2) is 0 Å². The molecule has 0 unspecified atom stereocenters. The van der Waals surface area contributed by atoms with Crippen molar-refractivity contribution >= 4 is 107 Å². The minimum Gasteiger partial charge on any atom is -0.481 e. The second kappa shape index (κ2) is 36.3. The molecule has 0 saturated carbocycles. The number of carbonyl (C=O) groups excluding carboxylic acids is 15. The van der Waals surface area contributed by atoms with Gasteiger partial charge in [-0.1, -0.05) is 27.7 Å².